The molecule has 0 aliphatic carbocycles. The minimum absolute atomic E-state index is 0.369. The second-order valence-corrected chi connectivity index (χ2v) is 4.91. The molecule has 0 rings (SSSR count). The van der Waals surface area contributed by atoms with Gasteiger partial charge in [-0.3, -0.25) is 0 Å². The summed E-state index contributed by atoms with van der Waals surface area (Å²) < 4.78 is 10.4. The lowest BCUT2D eigenvalue weighted by molar-refractivity contribution is 0.00661. The Kier molecular flexibility index (Phi) is 11.8. The first-order valence-electron chi connectivity index (χ1n) is 5.77. The second-order valence-electron chi connectivity index (χ2n) is 3.63. The van der Waals surface area contributed by atoms with Gasteiger partial charge in [0.1, 0.15) is 0 Å². The zero-order valence-electron chi connectivity index (χ0n) is 10.6. The smallest absolute Gasteiger partial charge is 0.0897 e. The van der Waals surface area contributed by atoms with Crippen LogP contribution in [0, 0.1) is 0 Å². The summed E-state index contributed by atoms with van der Waals surface area (Å²) in [5.74, 6) is 0. The Morgan fingerprint density at radius 2 is 1.94 bits per heavy atom. The Morgan fingerprint density at radius 1 is 1.25 bits per heavy atom. The normalized spacial score (nSPS) is 15.0. The van der Waals surface area contributed by atoms with Crippen molar-refractivity contribution in [1.82, 2.24) is 5.32 Å². The van der Waals surface area contributed by atoms with E-state index in [1.165, 1.54) is 0 Å². The van der Waals surface area contributed by atoms with Gasteiger partial charge in [-0.2, -0.15) is 11.8 Å². The van der Waals surface area contributed by atoms with E-state index in [9.17, 15) is 5.11 Å². The van der Waals surface area contributed by atoms with Crippen LogP contribution in [0.15, 0.2) is 0 Å². The van der Waals surface area contributed by atoms with E-state index in [1.54, 1.807) is 0 Å². The molecule has 5 heteroatoms. The third-order valence-corrected chi connectivity index (χ3v) is 3.07. The molecule has 0 heterocycles. The first-order chi connectivity index (χ1) is 7.70. The van der Waals surface area contributed by atoms with Crippen molar-refractivity contribution in [1.29, 1.82) is 0 Å². The molecule has 0 aromatic carbocycles. The summed E-state index contributed by atoms with van der Waals surface area (Å²) in [6.45, 7) is 7.82. The molecule has 0 aromatic rings. The second kappa shape index (κ2) is 11.7. The average Bonchev–Trinajstić information content (AvgIpc) is 2.28. The van der Waals surface area contributed by atoms with Crippen molar-refractivity contribution in [3.8, 4) is 0 Å². The highest BCUT2D eigenvalue weighted by atomic mass is 32.2. The molecule has 16 heavy (non-hydrogen) atoms. The molecule has 2 unspecified atom stereocenters. The molecule has 0 aromatic heterocycles. The van der Waals surface area contributed by atoms with Crippen molar-refractivity contribution in [3.63, 3.8) is 0 Å². The summed E-state index contributed by atoms with van der Waals surface area (Å²) in [5.41, 5.74) is 0. The van der Waals surface area contributed by atoms with Crippen LogP contribution >= 0.6 is 11.8 Å². The Hall–Kier alpha value is 0.190. The number of thioether (sulfide) groups is 1. The molecule has 2 atom stereocenters. The van der Waals surface area contributed by atoms with Gasteiger partial charge in [0.15, 0.2) is 0 Å². The van der Waals surface area contributed by atoms with Crippen molar-refractivity contribution in [2.45, 2.75) is 25.2 Å². The highest BCUT2D eigenvalue weighted by Gasteiger charge is 2.05. The fourth-order valence-corrected chi connectivity index (χ4v) is 1.36. The van der Waals surface area contributed by atoms with E-state index in [1.807, 2.05) is 18.7 Å². The predicted molar refractivity (Wildman–Crippen MR) is 69.2 cm³/mol. The summed E-state index contributed by atoms with van der Waals surface area (Å²) in [7, 11) is 0. The van der Waals surface area contributed by atoms with Crippen LogP contribution in [-0.2, 0) is 9.47 Å². The van der Waals surface area contributed by atoms with Gasteiger partial charge in [0, 0.05) is 24.9 Å². The van der Waals surface area contributed by atoms with Crippen molar-refractivity contribution in [2.24, 2.45) is 0 Å². The number of rotatable bonds is 11. The first kappa shape index (κ1) is 16.2. The van der Waals surface area contributed by atoms with Gasteiger partial charge in [0.25, 0.3) is 0 Å². The highest BCUT2D eigenvalue weighted by Crippen LogP contribution is 2.02. The third-order valence-electron chi connectivity index (χ3n) is 2.10. The summed E-state index contributed by atoms with van der Waals surface area (Å²) in [4.78, 5) is 0. The molecular weight excluding hydrogens is 226 g/mol. The van der Waals surface area contributed by atoms with Gasteiger partial charge in [-0.05, 0) is 13.2 Å². The van der Waals surface area contributed by atoms with E-state index >= 15 is 0 Å². The van der Waals surface area contributed by atoms with Crippen LogP contribution in [0.3, 0.4) is 0 Å². The molecule has 0 fully saturated rings. The minimum Gasteiger partial charge on any atom is -0.389 e. The molecule has 0 radical (unpaired) electrons. The average molecular weight is 251 g/mol. The zero-order valence-corrected chi connectivity index (χ0v) is 11.4. The lowest BCUT2D eigenvalue weighted by atomic mass is 10.3. The van der Waals surface area contributed by atoms with Gasteiger partial charge < -0.3 is 19.9 Å². The van der Waals surface area contributed by atoms with E-state index in [0.717, 1.165) is 6.54 Å². The Morgan fingerprint density at radius 3 is 2.56 bits per heavy atom. The van der Waals surface area contributed by atoms with Gasteiger partial charge in [-0.25, -0.2) is 0 Å². The van der Waals surface area contributed by atoms with E-state index in [4.69, 9.17) is 9.47 Å². The minimum atomic E-state index is -0.435. The third kappa shape index (κ3) is 10.7. The molecule has 0 amide bonds. The van der Waals surface area contributed by atoms with E-state index < -0.39 is 6.10 Å². The fraction of sp³-hybridized carbons (Fsp3) is 1.00. The fourth-order valence-electron chi connectivity index (χ4n) is 1.08. The number of nitrogens with one attached hydrogen (secondary N) is 1. The van der Waals surface area contributed by atoms with Crippen molar-refractivity contribution in [2.75, 3.05) is 45.8 Å². The van der Waals surface area contributed by atoms with E-state index in [-0.39, 0.29) is 0 Å². The molecule has 0 saturated carbocycles. The maximum absolute atomic E-state index is 9.56. The van der Waals surface area contributed by atoms with Gasteiger partial charge in [0.2, 0.25) is 0 Å². The molecule has 2 N–H and O–H groups in total. The molecule has 0 aliphatic heterocycles. The lowest BCUT2D eigenvalue weighted by Gasteiger charge is -2.14. The number of hydrogen-bond donors (Lipinski definition) is 2. The van der Waals surface area contributed by atoms with Gasteiger partial charge in [-0.15, -0.1) is 0 Å². The number of aliphatic hydroxyl groups is 1. The van der Waals surface area contributed by atoms with Crippen LogP contribution in [0.2, 0.25) is 0 Å². The zero-order chi connectivity index (χ0) is 12.2. The van der Waals surface area contributed by atoms with Crippen LogP contribution in [0.25, 0.3) is 0 Å². The summed E-state index contributed by atoms with van der Waals surface area (Å²) in [5, 5.41) is 13.3. The molecule has 0 saturated heterocycles. The topological polar surface area (TPSA) is 50.7 Å². The largest absolute Gasteiger partial charge is 0.389 e. The molecule has 98 valence electrons. The summed E-state index contributed by atoms with van der Waals surface area (Å²) >= 11 is 1.81. The predicted octanol–water partition coefficient (Wildman–Crippen LogP) is 0.742. The maximum atomic E-state index is 9.56. The van der Waals surface area contributed by atoms with Crippen LogP contribution < -0.4 is 5.32 Å². The van der Waals surface area contributed by atoms with Gasteiger partial charge in [-0.1, -0.05) is 6.92 Å². The SMILES string of the molecule is CCOCCOCC(O)CNCC(C)SC. The molecule has 0 spiro atoms. The molecule has 4 nitrogen and oxygen atoms in total. The quantitative estimate of drug-likeness (QED) is 0.531. The molecule has 0 aliphatic rings. The number of aliphatic hydroxyl groups excluding tert-OH is 1. The Labute approximate surface area is 103 Å². The van der Waals surface area contributed by atoms with Gasteiger partial charge >= 0.3 is 0 Å². The lowest BCUT2D eigenvalue weighted by Crippen LogP contribution is -2.33. The molecule has 0 bridgehead atoms. The van der Waals surface area contributed by atoms with Crippen LogP contribution in [0.4, 0.5) is 0 Å². The van der Waals surface area contributed by atoms with Crippen molar-refractivity contribution < 1.29 is 14.6 Å². The highest BCUT2D eigenvalue weighted by molar-refractivity contribution is 7.99. The summed E-state index contributed by atoms with van der Waals surface area (Å²) in [6.07, 6.45) is 1.65. The monoisotopic (exact) mass is 251 g/mol. The first-order valence-corrected chi connectivity index (χ1v) is 7.06. The van der Waals surface area contributed by atoms with Crippen LogP contribution in [0.5, 0.6) is 0 Å². The standard InChI is InChI=1S/C11H25NO3S/c1-4-14-5-6-15-9-11(13)8-12-7-10(2)16-3/h10-13H,4-9H2,1-3H3. The van der Waals surface area contributed by atoms with Crippen LogP contribution in [-0.4, -0.2) is 62.2 Å². The Balaban J connectivity index is 3.21. The number of hydrogen-bond acceptors (Lipinski definition) is 5. The maximum Gasteiger partial charge on any atom is 0.0897 e. The Bertz CT molecular complexity index is 149. The van der Waals surface area contributed by atoms with E-state index in [2.05, 4.69) is 18.5 Å². The van der Waals surface area contributed by atoms with E-state index in [0.29, 0.717) is 38.2 Å². The van der Waals surface area contributed by atoms with Gasteiger partial charge in [0.05, 0.1) is 25.9 Å². The molecular formula is C11H25NO3S. The van der Waals surface area contributed by atoms with Crippen molar-refractivity contribution in [3.05, 3.63) is 0 Å². The number of ether oxygens (including phenoxy) is 2. The van der Waals surface area contributed by atoms with Crippen LogP contribution in [0.1, 0.15) is 13.8 Å². The van der Waals surface area contributed by atoms with Crippen molar-refractivity contribution >= 4 is 11.8 Å². The summed E-state index contributed by atoms with van der Waals surface area (Å²) in [6, 6.07) is 0.